The van der Waals surface area contributed by atoms with Crippen molar-refractivity contribution >= 4 is 0 Å². The van der Waals surface area contributed by atoms with Gasteiger partial charge in [0.15, 0.2) is 0 Å². The van der Waals surface area contributed by atoms with Crippen molar-refractivity contribution in [1.29, 1.82) is 0 Å². The van der Waals surface area contributed by atoms with Crippen LogP contribution in [0.25, 0.3) is 0 Å². The quantitative estimate of drug-likeness (QED) is 0.687. The molecule has 0 saturated carbocycles. The highest BCUT2D eigenvalue weighted by molar-refractivity contribution is 5.30. The van der Waals surface area contributed by atoms with Crippen LogP contribution in [-0.4, -0.2) is 10.1 Å². The lowest BCUT2D eigenvalue weighted by Gasteiger charge is -2.06. The lowest BCUT2D eigenvalue weighted by molar-refractivity contribution is -0.138. The number of halogens is 3. The van der Waals surface area contributed by atoms with E-state index in [9.17, 15) is 13.2 Å². The Bertz CT molecular complexity index is 260. The van der Waals surface area contributed by atoms with E-state index in [-0.39, 0.29) is 0 Å². The van der Waals surface area contributed by atoms with Crippen LogP contribution in [0.15, 0.2) is 18.5 Å². The Morgan fingerprint density at radius 3 is 2.15 bits per heavy atom. The molecule has 2 nitrogen and oxygen atoms in total. The zero-order valence-corrected chi connectivity index (χ0v) is 7.26. The Balaban J connectivity index is 0.000000671. The molecule has 1 aromatic rings. The summed E-state index contributed by atoms with van der Waals surface area (Å²) in [5.41, 5.74) is -1.06. The van der Waals surface area contributed by atoms with Crippen LogP contribution in [-0.2, 0) is 6.18 Å². The Hall–Kier alpha value is -1.26. The summed E-state index contributed by atoms with van der Waals surface area (Å²) in [6, 6.07) is 0.718. The van der Waals surface area contributed by atoms with Gasteiger partial charge in [0.2, 0.25) is 0 Å². The fraction of sp³-hybridized carbons (Fsp3) is 0.375. The molecule has 1 N–H and O–H groups in total. The number of hydrogen-bond acceptors (Lipinski definition) is 2. The number of rotatable bonds is 0. The molecular formula is C8H10F3NO. The van der Waals surface area contributed by atoms with Crippen LogP contribution < -0.4 is 0 Å². The van der Waals surface area contributed by atoms with E-state index in [4.69, 9.17) is 5.11 Å². The van der Waals surface area contributed by atoms with Crippen molar-refractivity contribution in [3.05, 3.63) is 24.0 Å². The Labute approximate surface area is 74.0 Å². The van der Waals surface area contributed by atoms with Gasteiger partial charge in [-0.15, -0.1) is 0 Å². The molecule has 0 aliphatic rings. The molecule has 1 aromatic heterocycles. The molecule has 0 aromatic carbocycles. The molecule has 0 atom stereocenters. The maximum atomic E-state index is 11.9. The van der Waals surface area contributed by atoms with E-state index in [1.807, 2.05) is 13.8 Å². The van der Waals surface area contributed by atoms with Gasteiger partial charge in [0.1, 0.15) is 11.3 Å². The van der Waals surface area contributed by atoms with Crippen LogP contribution >= 0.6 is 0 Å². The van der Waals surface area contributed by atoms with Gasteiger partial charge in [-0.2, -0.15) is 13.2 Å². The highest BCUT2D eigenvalue weighted by Crippen LogP contribution is 2.34. The monoisotopic (exact) mass is 193 g/mol. The zero-order chi connectivity index (χ0) is 10.5. The fourth-order valence-corrected chi connectivity index (χ4v) is 0.626. The number of aromatic nitrogens is 1. The first-order valence-corrected chi connectivity index (χ1v) is 3.72. The number of alkyl halides is 3. The van der Waals surface area contributed by atoms with Crippen LogP contribution in [0.4, 0.5) is 13.2 Å². The lowest BCUT2D eigenvalue weighted by atomic mass is 10.2. The SMILES string of the molecule is CC.Oc1cnccc1C(F)(F)F. The summed E-state index contributed by atoms with van der Waals surface area (Å²) >= 11 is 0. The maximum Gasteiger partial charge on any atom is 0.420 e. The number of hydrogen-bond donors (Lipinski definition) is 1. The molecule has 0 spiro atoms. The van der Waals surface area contributed by atoms with Crippen LogP contribution in [0.2, 0.25) is 0 Å². The average Bonchev–Trinajstić information content (AvgIpc) is 2.07. The summed E-state index contributed by atoms with van der Waals surface area (Å²) in [5, 5.41) is 8.66. The summed E-state index contributed by atoms with van der Waals surface area (Å²) in [5.74, 6) is -0.847. The summed E-state index contributed by atoms with van der Waals surface area (Å²) in [6.07, 6.45) is -2.78. The predicted molar refractivity (Wildman–Crippen MR) is 42.3 cm³/mol. The van der Waals surface area contributed by atoms with E-state index in [2.05, 4.69) is 4.98 Å². The van der Waals surface area contributed by atoms with Gasteiger partial charge >= 0.3 is 6.18 Å². The molecule has 74 valence electrons. The van der Waals surface area contributed by atoms with Crippen molar-refractivity contribution in [2.24, 2.45) is 0 Å². The smallest absolute Gasteiger partial charge is 0.420 e. The van der Waals surface area contributed by atoms with Crippen LogP contribution in [0, 0.1) is 0 Å². The topological polar surface area (TPSA) is 33.1 Å². The zero-order valence-electron chi connectivity index (χ0n) is 7.26. The Morgan fingerprint density at radius 1 is 1.31 bits per heavy atom. The Morgan fingerprint density at radius 2 is 1.85 bits per heavy atom. The molecule has 0 aliphatic heterocycles. The second-order valence-electron chi connectivity index (χ2n) is 1.89. The molecule has 1 heterocycles. The van der Waals surface area contributed by atoms with Gasteiger partial charge in [0.25, 0.3) is 0 Å². The molecule has 0 fully saturated rings. The van der Waals surface area contributed by atoms with E-state index in [1.165, 1.54) is 0 Å². The van der Waals surface area contributed by atoms with Crippen molar-refractivity contribution in [3.63, 3.8) is 0 Å². The van der Waals surface area contributed by atoms with Crippen molar-refractivity contribution in [3.8, 4) is 5.75 Å². The summed E-state index contributed by atoms with van der Waals surface area (Å²) in [6.45, 7) is 4.00. The molecule has 0 bridgehead atoms. The van der Waals surface area contributed by atoms with Gasteiger partial charge in [-0.3, -0.25) is 4.98 Å². The van der Waals surface area contributed by atoms with Gasteiger partial charge < -0.3 is 5.11 Å². The molecule has 5 heteroatoms. The van der Waals surface area contributed by atoms with Gasteiger partial charge in [-0.25, -0.2) is 0 Å². The molecule has 13 heavy (non-hydrogen) atoms. The minimum atomic E-state index is -4.51. The third-order valence-corrected chi connectivity index (χ3v) is 1.11. The van der Waals surface area contributed by atoms with Gasteiger partial charge in [0.05, 0.1) is 6.20 Å². The minimum absolute atomic E-state index is 0.718. The molecule has 0 unspecified atom stereocenters. The highest BCUT2D eigenvalue weighted by atomic mass is 19.4. The van der Waals surface area contributed by atoms with E-state index >= 15 is 0 Å². The third kappa shape index (κ3) is 3.31. The van der Waals surface area contributed by atoms with Crippen molar-refractivity contribution in [2.45, 2.75) is 20.0 Å². The summed E-state index contributed by atoms with van der Waals surface area (Å²) in [4.78, 5) is 3.31. The van der Waals surface area contributed by atoms with Crippen LogP contribution in [0.1, 0.15) is 19.4 Å². The van der Waals surface area contributed by atoms with Gasteiger partial charge in [0, 0.05) is 6.20 Å². The largest absolute Gasteiger partial charge is 0.506 e. The first kappa shape index (κ1) is 11.7. The molecular weight excluding hydrogens is 183 g/mol. The second kappa shape index (κ2) is 4.69. The van der Waals surface area contributed by atoms with Crippen LogP contribution in [0.3, 0.4) is 0 Å². The number of pyridine rings is 1. The summed E-state index contributed by atoms with van der Waals surface area (Å²) < 4.78 is 35.6. The number of aromatic hydroxyl groups is 1. The van der Waals surface area contributed by atoms with Crippen molar-refractivity contribution in [1.82, 2.24) is 4.98 Å². The average molecular weight is 193 g/mol. The standard InChI is InChI=1S/C6H4F3NO.C2H6/c7-6(8,9)4-1-2-10-3-5(4)11;1-2/h1-3,11H;1-2H3. The van der Waals surface area contributed by atoms with Gasteiger partial charge in [-0.05, 0) is 6.07 Å². The third-order valence-electron chi connectivity index (χ3n) is 1.11. The molecule has 1 rings (SSSR count). The normalized spacial score (nSPS) is 10.2. The van der Waals surface area contributed by atoms with E-state index in [1.54, 1.807) is 0 Å². The fourth-order valence-electron chi connectivity index (χ4n) is 0.626. The maximum absolute atomic E-state index is 11.9. The van der Waals surface area contributed by atoms with Crippen molar-refractivity contribution < 1.29 is 18.3 Å². The van der Waals surface area contributed by atoms with Crippen molar-refractivity contribution in [2.75, 3.05) is 0 Å². The van der Waals surface area contributed by atoms with E-state index in [0.717, 1.165) is 18.5 Å². The molecule has 0 aliphatic carbocycles. The van der Waals surface area contributed by atoms with E-state index in [0.29, 0.717) is 0 Å². The predicted octanol–water partition coefficient (Wildman–Crippen LogP) is 2.83. The molecule has 0 saturated heterocycles. The first-order valence-electron chi connectivity index (χ1n) is 3.72. The second-order valence-corrected chi connectivity index (χ2v) is 1.89. The number of nitrogens with zero attached hydrogens (tertiary/aromatic N) is 1. The lowest BCUT2D eigenvalue weighted by Crippen LogP contribution is -2.04. The van der Waals surface area contributed by atoms with E-state index < -0.39 is 17.5 Å². The van der Waals surface area contributed by atoms with Gasteiger partial charge in [-0.1, -0.05) is 13.8 Å². The minimum Gasteiger partial charge on any atom is -0.506 e. The highest BCUT2D eigenvalue weighted by Gasteiger charge is 2.33. The van der Waals surface area contributed by atoms with Crippen LogP contribution in [0.5, 0.6) is 5.75 Å². The Kier molecular flexibility index (Phi) is 4.23. The summed E-state index contributed by atoms with van der Waals surface area (Å²) in [7, 11) is 0. The molecule has 0 radical (unpaired) electrons. The first-order chi connectivity index (χ1) is 6.02. The molecule has 0 amide bonds.